The van der Waals surface area contributed by atoms with E-state index in [1.54, 1.807) is 6.08 Å². The molecule has 0 saturated carbocycles. The monoisotopic (exact) mass is 394 g/mol. The SMILES string of the molecule is O=C(NCCc1ccc(Cl)cc1)C1=CC(S(=O)(=O)N2CCCCC2)=CC1. The third-order valence-electron chi connectivity index (χ3n) is 4.70. The zero-order valence-corrected chi connectivity index (χ0v) is 16.2. The van der Waals surface area contributed by atoms with E-state index in [-0.39, 0.29) is 10.8 Å². The second kappa shape index (κ2) is 8.37. The molecule has 1 aromatic rings. The maximum atomic E-state index is 12.7. The summed E-state index contributed by atoms with van der Waals surface area (Å²) in [5, 5.41) is 3.54. The Hall–Kier alpha value is -1.63. The number of amides is 1. The zero-order valence-electron chi connectivity index (χ0n) is 14.6. The first-order valence-corrected chi connectivity index (χ1v) is 10.7. The third-order valence-corrected chi connectivity index (χ3v) is 6.87. The Balaban J connectivity index is 1.54. The molecule has 5 nitrogen and oxygen atoms in total. The molecule has 1 aromatic carbocycles. The molecule has 7 heteroatoms. The quantitative estimate of drug-likeness (QED) is 0.806. The second-order valence-corrected chi connectivity index (χ2v) is 8.95. The van der Waals surface area contributed by atoms with Crippen LogP contribution in [0, 0.1) is 0 Å². The van der Waals surface area contributed by atoms with E-state index in [2.05, 4.69) is 5.32 Å². The number of benzene rings is 1. The lowest BCUT2D eigenvalue weighted by Crippen LogP contribution is -2.35. The van der Waals surface area contributed by atoms with Gasteiger partial charge in [0.2, 0.25) is 15.9 Å². The van der Waals surface area contributed by atoms with Gasteiger partial charge in [0.05, 0.1) is 4.91 Å². The third kappa shape index (κ3) is 4.55. The van der Waals surface area contributed by atoms with Crippen molar-refractivity contribution in [2.75, 3.05) is 19.6 Å². The van der Waals surface area contributed by atoms with Gasteiger partial charge in [-0.15, -0.1) is 0 Å². The van der Waals surface area contributed by atoms with Gasteiger partial charge in [0.25, 0.3) is 0 Å². The van der Waals surface area contributed by atoms with Crippen molar-refractivity contribution in [1.82, 2.24) is 9.62 Å². The molecule has 1 saturated heterocycles. The van der Waals surface area contributed by atoms with E-state index in [0.29, 0.717) is 43.1 Å². The Morgan fingerprint density at radius 1 is 1.12 bits per heavy atom. The number of carbonyl (C=O) groups excluding carboxylic acids is 1. The van der Waals surface area contributed by atoms with Crippen LogP contribution in [-0.2, 0) is 21.2 Å². The minimum absolute atomic E-state index is 0.209. The van der Waals surface area contributed by atoms with E-state index in [1.165, 1.54) is 10.4 Å². The molecule has 3 rings (SSSR count). The van der Waals surface area contributed by atoms with Gasteiger partial charge in [-0.1, -0.05) is 36.2 Å². The Bertz CT molecular complexity index is 823. The zero-order chi connectivity index (χ0) is 18.6. The highest BCUT2D eigenvalue weighted by Crippen LogP contribution is 2.26. The molecule has 0 atom stereocenters. The molecule has 1 aliphatic carbocycles. The maximum Gasteiger partial charge on any atom is 0.247 e. The Labute approximate surface area is 159 Å². The molecular formula is C19H23ClN2O3S. The summed E-state index contributed by atoms with van der Waals surface area (Å²) in [6.45, 7) is 1.62. The lowest BCUT2D eigenvalue weighted by Gasteiger charge is -2.25. The summed E-state index contributed by atoms with van der Waals surface area (Å²) in [4.78, 5) is 12.5. The van der Waals surface area contributed by atoms with Crippen LogP contribution in [0.15, 0.2) is 46.9 Å². The number of sulfonamides is 1. The minimum Gasteiger partial charge on any atom is -0.352 e. The van der Waals surface area contributed by atoms with Crippen LogP contribution in [-0.4, -0.2) is 38.3 Å². The van der Waals surface area contributed by atoms with Crippen LogP contribution in [0.4, 0.5) is 0 Å². The fourth-order valence-corrected chi connectivity index (χ4v) is 4.93. The first-order valence-electron chi connectivity index (χ1n) is 8.90. The van der Waals surface area contributed by atoms with Gasteiger partial charge in [-0.2, -0.15) is 4.31 Å². The van der Waals surface area contributed by atoms with Crippen molar-refractivity contribution in [2.45, 2.75) is 32.1 Å². The number of hydrogen-bond acceptors (Lipinski definition) is 3. The summed E-state index contributed by atoms with van der Waals surface area (Å²) in [5.41, 5.74) is 1.58. The van der Waals surface area contributed by atoms with Gasteiger partial charge in [0, 0.05) is 30.2 Å². The first-order chi connectivity index (χ1) is 12.5. The molecule has 1 amide bonds. The normalized spacial score (nSPS) is 18.3. The molecule has 1 fully saturated rings. The summed E-state index contributed by atoms with van der Waals surface area (Å²) in [5.74, 6) is -0.209. The molecule has 0 radical (unpaired) electrons. The highest BCUT2D eigenvalue weighted by molar-refractivity contribution is 7.93. The minimum atomic E-state index is -3.47. The first kappa shape index (κ1) is 19.1. The topological polar surface area (TPSA) is 66.5 Å². The average Bonchev–Trinajstić information content (AvgIpc) is 3.15. The van der Waals surface area contributed by atoms with Crippen molar-refractivity contribution in [2.24, 2.45) is 0 Å². The van der Waals surface area contributed by atoms with E-state index in [4.69, 9.17) is 11.6 Å². The molecule has 0 unspecified atom stereocenters. The summed E-state index contributed by atoms with van der Waals surface area (Å²) < 4.78 is 26.8. The van der Waals surface area contributed by atoms with E-state index in [1.807, 2.05) is 24.3 Å². The molecule has 26 heavy (non-hydrogen) atoms. The number of piperidine rings is 1. The van der Waals surface area contributed by atoms with E-state index < -0.39 is 10.0 Å². The van der Waals surface area contributed by atoms with Gasteiger partial charge in [-0.3, -0.25) is 4.79 Å². The summed E-state index contributed by atoms with van der Waals surface area (Å²) in [7, 11) is -3.47. The van der Waals surface area contributed by atoms with Crippen molar-refractivity contribution < 1.29 is 13.2 Å². The van der Waals surface area contributed by atoms with Crippen LogP contribution in [0.2, 0.25) is 5.02 Å². The smallest absolute Gasteiger partial charge is 0.247 e. The summed E-state index contributed by atoms with van der Waals surface area (Å²) in [6, 6.07) is 7.49. The molecule has 1 heterocycles. The summed E-state index contributed by atoms with van der Waals surface area (Å²) >= 11 is 5.85. The largest absolute Gasteiger partial charge is 0.352 e. The number of halogens is 1. The predicted molar refractivity (Wildman–Crippen MR) is 103 cm³/mol. The standard InChI is InChI=1S/C19H23ClN2O3S/c20-17-7-4-15(5-8-17)10-11-21-19(23)16-6-9-18(14-16)26(24,25)22-12-2-1-3-13-22/h4-5,7-9,14H,1-3,6,10-13H2,(H,21,23). The molecule has 0 bridgehead atoms. The molecule has 1 aliphatic heterocycles. The van der Waals surface area contributed by atoms with E-state index >= 15 is 0 Å². The van der Waals surface area contributed by atoms with Crippen molar-refractivity contribution in [3.8, 4) is 0 Å². The van der Waals surface area contributed by atoms with Crippen molar-refractivity contribution >= 4 is 27.5 Å². The fourth-order valence-electron chi connectivity index (χ4n) is 3.18. The molecular weight excluding hydrogens is 372 g/mol. The average molecular weight is 395 g/mol. The lowest BCUT2D eigenvalue weighted by atomic mass is 10.1. The van der Waals surface area contributed by atoms with Gasteiger partial charge >= 0.3 is 0 Å². The Morgan fingerprint density at radius 2 is 1.81 bits per heavy atom. The molecule has 2 aliphatic rings. The van der Waals surface area contributed by atoms with Crippen LogP contribution in [0.1, 0.15) is 31.2 Å². The molecule has 140 valence electrons. The van der Waals surface area contributed by atoms with Crippen LogP contribution in [0.25, 0.3) is 0 Å². The Kier molecular flexibility index (Phi) is 6.16. The van der Waals surface area contributed by atoms with E-state index in [9.17, 15) is 13.2 Å². The number of nitrogens with one attached hydrogen (secondary N) is 1. The summed E-state index contributed by atoms with van der Waals surface area (Å²) in [6.07, 6.45) is 7.07. The van der Waals surface area contributed by atoms with E-state index in [0.717, 1.165) is 24.8 Å². The number of nitrogens with zero attached hydrogens (tertiary/aromatic N) is 1. The molecule has 1 N–H and O–H groups in total. The van der Waals surface area contributed by atoms with Gasteiger partial charge in [-0.05, 0) is 49.5 Å². The highest BCUT2D eigenvalue weighted by Gasteiger charge is 2.29. The molecule has 0 spiro atoms. The van der Waals surface area contributed by atoms with Crippen molar-refractivity contribution in [1.29, 1.82) is 0 Å². The van der Waals surface area contributed by atoms with Crippen LogP contribution >= 0.6 is 11.6 Å². The van der Waals surface area contributed by atoms with Crippen molar-refractivity contribution in [3.05, 3.63) is 57.5 Å². The predicted octanol–water partition coefficient (Wildman–Crippen LogP) is 3.03. The van der Waals surface area contributed by atoms with Gasteiger partial charge in [0.15, 0.2) is 0 Å². The molecule has 0 aromatic heterocycles. The number of allylic oxidation sites excluding steroid dienone is 2. The van der Waals surface area contributed by atoms with Gasteiger partial charge < -0.3 is 5.32 Å². The Morgan fingerprint density at radius 3 is 2.50 bits per heavy atom. The van der Waals surface area contributed by atoms with Crippen LogP contribution in [0.5, 0.6) is 0 Å². The highest BCUT2D eigenvalue weighted by atomic mass is 35.5. The number of carbonyl (C=O) groups is 1. The lowest BCUT2D eigenvalue weighted by molar-refractivity contribution is -0.117. The van der Waals surface area contributed by atoms with Gasteiger partial charge in [0.1, 0.15) is 0 Å². The second-order valence-electron chi connectivity index (χ2n) is 6.58. The number of hydrogen-bond donors (Lipinski definition) is 1. The van der Waals surface area contributed by atoms with Gasteiger partial charge in [-0.25, -0.2) is 8.42 Å². The van der Waals surface area contributed by atoms with Crippen LogP contribution in [0.3, 0.4) is 0 Å². The fraction of sp³-hybridized carbons (Fsp3) is 0.421. The van der Waals surface area contributed by atoms with Crippen molar-refractivity contribution in [3.63, 3.8) is 0 Å². The number of rotatable bonds is 6. The van der Waals surface area contributed by atoms with Crippen LogP contribution < -0.4 is 5.32 Å². The maximum absolute atomic E-state index is 12.7.